The van der Waals surface area contributed by atoms with Crippen molar-refractivity contribution in [2.75, 3.05) is 49.1 Å². The first kappa shape index (κ1) is 18.7. The van der Waals surface area contributed by atoms with Crippen LogP contribution < -0.4 is 9.80 Å². The molecular formula is C21H26FN5O. The molecule has 0 saturated carbocycles. The van der Waals surface area contributed by atoms with Gasteiger partial charge in [-0.15, -0.1) is 0 Å². The summed E-state index contributed by atoms with van der Waals surface area (Å²) in [5, 5.41) is 0. The van der Waals surface area contributed by atoms with Crippen LogP contribution in [0.1, 0.15) is 18.5 Å². The molecule has 2 aliphatic rings. The van der Waals surface area contributed by atoms with E-state index in [4.69, 9.17) is 0 Å². The largest absolute Gasteiger partial charge is 0.366 e. The van der Waals surface area contributed by atoms with E-state index in [0.717, 1.165) is 37.6 Å². The summed E-state index contributed by atoms with van der Waals surface area (Å²) < 4.78 is 14.0. The maximum Gasteiger partial charge on any atom is 0.225 e. The summed E-state index contributed by atoms with van der Waals surface area (Å²) in [7, 11) is 0. The summed E-state index contributed by atoms with van der Waals surface area (Å²) >= 11 is 0. The molecule has 0 bridgehead atoms. The fraction of sp³-hybridized carbons (Fsp3) is 0.476. The molecule has 3 heterocycles. The first-order valence-corrected chi connectivity index (χ1v) is 9.94. The standard InChI is InChI=1S/C21H26FN5O/c1-16-6-9-23-21(24-16)27-10-7-17(8-11-27)20(28)26-14-12-25(13-15-26)19-5-3-2-4-18(19)22/h2-6,9,17H,7-8,10-15H2,1H3. The molecule has 0 N–H and O–H groups in total. The summed E-state index contributed by atoms with van der Waals surface area (Å²) in [6.45, 7) is 6.20. The number of piperidine rings is 1. The number of carbonyl (C=O) groups is 1. The highest BCUT2D eigenvalue weighted by Crippen LogP contribution is 2.25. The average molecular weight is 383 g/mol. The number of benzene rings is 1. The summed E-state index contributed by atoms with van der Waals surface area (Å²) in [6, 6.07) is 8.73. The van der Waals surface area contributed by atoms with E-state index in [-0.39, 0.29) is 17.6 Å². The van der Waals surface area contributed by atoms with Gasteiger partial charge in [-0.25, -0.2) is 14.4 Å². The fourth-order valence-electron chi connectivity index (χ4n) is 4.05. The van der Waals surface area contributed by atoms with Crippen LogP contribution in [0.25, 0.3) is 0 Å². The maximum atomic E-state index is 14.0. The Balaban J connectivity index is 1.30. The lowest BCUT2D eigenvalue weighted by Crippen LogP contribution is -2.52. The highest BCUT2D eigenvalue weighted by Gasteiger charge is 2.31. The van der Waals surface area contributed by atoms with Crippen LogP contribution in [0, 0.1) is 18.7 Å². The number of aromatic nitrogens is 2. The van der Waals surface area contributed by atoms with Gasteiger partial charge in [0.05, 0.1) is 5.69 Å². The van der Waals surface area contributed by atoms with E-state index in [1.54, 1.807) is 18.3 Å². The number of piperazine rings is 1. The number of hydrogen-bond donors (Lipinski definition) is 0. The Morgan fingerprint density at radius 3 is 2.39 bits per heavy atom. The number of carbonyl (C=O) groups excluding carboxylic acids is 1. The van der Waals surface area contributed by atoms with Gasteiger partial charge in [0, 0.05) is 57.1 Å². The second-order valence-corrected chi connectivity index (χ2v) is 7.52. The molecule has 6 nitrogen and oxygen atoms in total. The van der Waals surface area contributed by atoms with Gasteiger partial charge < -0.3 is 14.7 Å². The lowest BCUT2D eigenvalue weighted by Gasteiger charge is -2.39. The minimum Gasteiger partial charge on any atom is -0.366 e. The first-order chi connectivity index (χ1) is 13.6. The van der Waals surface area contributed by atoms with E-state index >= 15 is 0 Å². The van der Waals surface area contributed by atoms with E-state index in [9.17, 15) is 9.18 Å². The molecule has 2 saturated heterocycles. The van der Waals surface area contributed by atoms with Gasteiger partial charge in [0.2, 0.25) is 11.9 Å². The Bertz CT molecular complexity index is 829. The van der Waals surface area contributed by atoms with Crippen LogP contribution >= 0.6 is 0 Å². The number of hydrogen-bond acceptors (Lipinski definition) is 5. The molecule has 4 rings (SSSR count). The van der Waals surface area contributed by atoms with E-state index < -0.39 is 0 Å². The van der Waals surface area contributed by atoms with Crippen molar-refractivity contribution in [3.8, 4) is 0 Å². The fourth-order valence-corrected chi connectivity index (χ4v) is 4.05. The molecule has 148 valence electrons. The molecule has 2 fully saturated rings. The second kappa shape index (κ2) is 8.12. The Labute approximate surface area is 165 Å². The van der Waals surface area contributed by atoms with Crippen LogP contribution in [-0.4, -0.2) is 60.0 Å². The number of amides is 1. The predicted octanol–water partition coefficient (Wildman–Crippen LogP) is 2.49. The number of anilines is 2. The van der Waals surface area contributed by atoms with Crippen molar-refractivity contribution in [3.05, 3.63) is 48.0 Å². The third kappa shape index (κ3) is 3.93. The monoisotopic (exact) mass is 383 g/mol. The van der Waals surface area contributed by atoms with Crippen molar-refractivity contribution < 1.29 is 9.18 Å². The van der Waals surface area contributed by atoms with E-state index in [0.29, 0.717) is 31.9 Å². The van der Waals surface area contributed by atoms with Crippen molar-refractivity contribution in [1.82, 2.24) is 14.9 Å². The van der Waals surface area contributed by atoms with E-state index in [1.165, 1.54) is 6.07 Å². The number of nitrogens with zero attached hydrogens (tertiary/aromatic N) is 5. The first-order valence-electron chi connectivity index (χ1n) is 9.94. The van der Waals surface area contributed by atoms with Crippen molar-refractivity contribution in [1.29, 1.82) is 0 Å². The van der Waals surface area contributed by atoms with Gasteiger partial charge in [-0.2, -0.15) is 0 Å². The minimum atomic E-state index is -0.201. The number of rotatable bonds is 3. The molecule has 1 amide bonds. The van der Waals surface area contributed by atoms with Crippen LogP contribution in [0.15, 0.2) is 36.5 Å². The maximum absolute atomic E-state index is 14.0. The lowest BCUT2D eigenvalue weighted by molar-refractivity contribution is -0.136. The Hall–Kier alpha value is -2.70. The molecule has 2 aliphatic heterocycles. The predicted molar refractivity (Wildman–Crippen MR) is 107 cm³/mol. The van der Waals surface area contributed by atoms with Gasteiger partial charge in [0.1, 0.15) is 5.82 Å². The topological polar surface area (TPSA) is 52.6 Å². The van der Waals surface area contributed by atoms with Gasteiger partial charge in [-0.1, -0.05) is 12.1 Å². The normalized spacial score (nSPS) is 18.4. The van der Waals surface area contributed by atoms with Crippen LogP contribution in [0.3, 0.4) is 0 Å². The smallest absolute Gasteiger partial charge is 0.225 e. The molecule has 0 spiro atoms. The van der Waals surface area contributed by atoms with Crippen LogP contribution in [0.2, 0.25) is 0 Å². The van der Waals surface area contributed by atoms with Gasteiger partial charge >= 0.3 is 0 Å². The molecule has 0 unspecified atom stereocenters. The van der Waals surface area contributed by atoms with Gasteiger partial charge in [-0.3, -0.25) is 4.79 Å². The van der Waals surface area contributed by atoms with Crippen LogP contribution in [0.5, 0.6) is 0 Å². The third-order valence-corrected chi connectivity index (χ3v) is 5.69. The van der Waals surface area contributed by atoms with Crippen molar-refractivity contribution in [3.63, 3.8) is 0 Å². The molecule has 7 heteroatoms. The zero-order valence-corrected chi connectivity index (χ0v) is 16.2. The van der Waals surface area contributed by atoms with Crippen LogP contribution in [0.4, 0.5) is 16.0 Å². The van der Waals surface area contributed by atoms with Crippen molar-refractivity contribution in [2.45, 2.75) is 19.8 Å². The molecule has 2 aromatic rings. The zero-order chi connectivity index (χ0) is 19.5. The summed E-state index contributed by atoms with van der Waals surface area (Å²) in [5.74, 6) is 0.844. The van der Waals surface area contributed by atoms with Gasteiger partial charge in [0.15, 0.2) is 0 Å². The SMILES string of the molecule is Cc1ccnc(N2CCC(C(=O)N3CCN(c4ccccc4F)CC3)CC2)n1. The molecular weight excluding hydrogens is 357 g/mol. The molecule has 0 radical (unpaired) electrons. The number of aryl methyl sites for hydroxylation is 1. The van der Waals surface area contributed by atoms with Gasteiger partial charge in [-0.05, 0) is 38.0 Å². The molecule has 1 aromatic carbocycles. The molecule has 28 heavy (non-hydrogen) atoms. The number of halogens is 1. The summed E-state index contributed by atoms with van der Waals surface area (Å²) in [4.78, 5) is 27.9. The molecule has 0 aliphatic carbocycles. The summed E-state index contributed by atoms with van der Waals surface area (Å²) in [5.41, 5.74) is 1.58. The lowest BCUT2D eigenvalue weighted by atomic mass is 9.95. The quantitative estimate of drug-likeness (QED) is 0.815. The zero-order valence-electron chi connectivity index (χ0n) is 16.2. The Morgan fingerprint density at radius 2 is 1.71 bits per heavy atom. The van der Waals surface area contributed by atoms with E-state index in [1.807, 2.05) is 28.9 Å². The highest BCUT2D eigenvalue weighted by atomic mass is 19.1. The van der Waals surface area contributed by atoms with Crippen molar-refractivity contribution >= 4 is 17.5 Å². The Morgan fingerprint density at radius 1 is 1.00 bits per heavy atom. The van der Waals surface area contributed by atoms with Crippen molar-refractivity contribution in [2.24, 2.45) is 5.92 Å². The molecule has 0 atom stereocenters. The minimum absolute atomic E-state index is 0.0565. The number of para-hydroxylation sites is 1. The average Bonchev–Trinajstić information content (AvgIpc) is 2.74. The second-order valence-electron chi connectivity index (χ2n) is 7.52. The van der Waals surface area contributed by atoms with Crippen LogP contribution in [-0.2, 0) is 4.79 Å². The Kier molecular flexibility index (Phi) is 5.41. The van der Waals surface area contributed by atoms with E-state index in [2.05, 4.69) is 14.9 Å². The molecule has 1 aromatic heterocycles. The highest BCUT2D eigenvalue weighted by molar-refractivity contribution is 5.79. The summed E-state index contributed by atoms with van der Waals surface area (Å²) in [6.07, 6.45) is 3.43. The van der Waals surface area contributed by atoms with Gasteiger partial charge in [0.25, 0.3) is 0 Å². The third-order valence-electron chi connectivity index (χ3n) is 5.69.